The Morgan fingerprint density at radius 2 is 0.740 bits per heavy atom. The molecular weight excluding hydrogens is 1610 g/mol. The molecule has 4 aliphatic rings. The van der Waals surface area contributed by atoms with Crippen LogP contribution in [0.15, 0.2) is 183 Å². The van der Waals surface area contributed by atoms with Crippen molar-refractivity contribution in [3.63, 3.8) is 0 Å². The van der Waals surface area contributed by atoms with Gasteiger partial charge in [0.25, 0.3) is 0 Å². The highest BCUT2D eigenvalue weighted by Crippen LogP contribution is 2.34. The number of methoxy groups -OCH3 is 1. The third kappa shape index (κ3) is 22.7. The number of Topliss-reactive ketones (excluding diaryl/α,β-unsaturated/α-hetero) is 5. The minimum atomic E-state index is -0.568. The number of piperidine rings is 4. The van der Waals surface area contributed by atoms with Crippen LogP contribution in [0.1, 0.15) is 149 Å². The molecule has 16 heterocycles. The summed E-state index contributed by atoms with van der Waals surface area (Å²) in [5, 5.41) is 0. The number of carbonyl (C=O) groups excluding carboxylic acids is 6. The molecule has 127 heavy (non-hydrogen) atoms. The summed E-state index contributed by atoms with van der Waals surface area (Å²) in [6.07, 6.45) is 25.2. The number of ether oxygens (including phenoxy) is 1. The standard InChI is InChI=1S/C24H26N6O2.C23H25FN6O.C23H27N7O2.C23H25N7O2/c1-15(31)19-5-2-6-20(28-19)21-8-7-18(26)24(29-21)23(32)12-16-13-27-10-9-22(16)30-11-3-4-17(25)14-30;1-14-6-9-28-23(21(14)24)18-5-4-17(26)22(29-18)20(31)11-15-12-27-8-7-19(15)30-10-2-3-16(25)13-30;1-32-23-17(26)5-7-19(29-23)18-6-4-16(25)22(28-18)21(31)11-14-12-27-9-8-20(14)30-10-2-3-15(24)13-30;24-16-2-1-9-30(13-16)20-6-7-27-12-15(20)11-21(31)22-17(25)3-4-18(29-22)19-10-14(23(26)32)5-8-28-19/h2,5-10,13,17H,3-4,11-12,14,25-26H2,1H3;4-9,12,16H,2-3,10-11,13,25-26H2,1H3;4-9,12,15H,2-3,10-11,13,24-26H2,1H3;3-8,10,12,16H,1-2,9,11,13,24-25H2,(H2,26,32)/t17-;16-;15-;16-/m0000/s1. The second kappa shape index (κ2) is 41.7. The number of pyridine rings is 12. The molecule has 34 heteroatoms. The van der Waals surface area contributed by atoms with E-state index in [-0.39, 0.29) is 124 Å². The van der Waals surface area contributed by atoms with Crippen LogP contribution in [-0.2, 0) is 25.7 Å². The van der Waals surface area contributed by atoms with Crippen molar-refractivity contribution in [1.29, 1.82) is 0 Å². The number of hydrogen-bond donors (Lipinski definition) is 10. The Morgan fingerprint density at radius 3 is 1.10 bits per heavy atom. The van der Waals surface area contributed by atoms with E-state index in [1.54, 1.807) is 141 Å². The molecule has 4 fully saturated rings. The van der Waals surface area contributed by atoms with Gasteiger partial charge < -0.3 is 81.7 Å². The van der Waals surface area contributed by atoms with Crippen molar-refractivity contribution in [3.8, 4) is 51.4 Å². The van der Waals surface area contributed by atoms with E-state index in [9.17, 15) is 33.2 Å². The second-order valence-electron chi connectivity index (χ2n) is 31.7. The minimum Gasteiger partial charge on any atom is -0.480 e. The van der Waals surface area contributed by atoms with E-state index in [0.29, 0.717) is 73.9 Å². The lowest BCUT2D eigenvalue weighted by Crippen LogP contribution is -2.43. The zero-order chi connectivity index (χ0) is 90.0. The highest BCUT2D eigenvalue weighted by atomic mass is 19.1. The number of ketones is 5. The summed E-state index contributed by atoms with van der Waals surface area (Å²) in [4.78, 5) is 136. The highest BCUT2D eigenvalue weighted by Gasteiger charge is 2.29. The highest BCUT2D eigenvalue weighted by molar-refractivity contribution is 6.04. The quantitative estimate of drug-likeness (QED) is 0.0267. The lowest BCUT2D eigenvalue weighted by Gasteiger charge is -2.33. The maximum absolute atomic E-state index is 14.5. The Kier molecular flexibility index (Phi) is 29.6. The van der Waals surface area contributed by atoms with Gasteiger partial charge in [-0.15, -0.1) is 0 Å². The number of primary amides is 1. The lowest BCUT2D eigenvalue weighted by molar-refractivity contribution is 0.0981. The van der Waals surface area contributed by atoms with Gasteiger partial charge in [-0.3, -0.25) is 58.7 Å². The first-order valence-corrected chi connectivity index (χ1v) is 41.8. The van der Waals surface area contributed by atoms with E-state index in [2.05, 4.69) is 79.4 Å². The van der Waals surface area contributed by atoms with E-state index >= 15 is 0 Å². The van der Waals surface area contributed by atoms with Crippen molar-refractivity contribution < 1.29 is 37.9 Å². The van der Waals surface area contributed by atoms with Gasteiger partial charge in [0.05, 0.1) is 75.4 Å². The molecule has 0 aromatic carbocycles. The van der Waals surface area contributed by atoms with Gasteiger partial charge in [0.2, 0.25) is 11.8 Å². The van der Waals surface area contributed by atoms with Crippen LogP contribution in [0.3, 0.4) is 0 Å². The van der Waals surface area contributed by atoms with Crippen LogP contribution in [0.25, 0.3) is 45.6 Å². The largest absolute Gasteiger partial charge is 0.480 e. The molecule has 0 bridgehead atoms. The molecule has 33 nitrogen and oxygen atoms in total. The Balaban J connectivity index is 0.000000145. The summed E-state index contributed by atoms with van der Waals surface area (Å²) in [7, 11) is 1.49. The molecule has 4 atom stereocenters. The van der Waals surface area contributed by atoms with Crippen LogP contribution in [-0.4, -0.2) is 178 Å². The number of anilines is 9. The molecule has 12 aromatic heterocycles. The molecule has 0 radical (unpaired) electrons. The van der Waals surface area contributed by atoms with E-state index in [0.717, 1.165) is 149 Å². The molecule has 654 valence electrons. The predicted octanol–water partition coefficient (Wildman–Crippen LogP) is 9.23. The maximum atomic E-state index is 14.5. The van der Waals surface area contributed by atoms with E-state index in [1.807, 2.05) is 24.3 Å². The summed E-state index contributed by atoms with van der Waals surface area (Å²) >= 11 is 0. The van der Waals surface area contributed by atoms with Gasteiger partial charge >= 0.3 is 0 Å². The van der Waals surface area contributed by atoms with Gasteiger partial charge in [0, 0.05) is 222 Å². The summed E-state index contributed by atoms with van der Waals surface area (Å²) in [5.41, 5.74) is 73.7. The van der Waals surface area contributed by atoms with Crippen LogP contribution < -0.4 is 81.7 Å². The average molecular weight is 1720 g/mol. The zero-order valence-electron chi connectivity index (χ0n) is 70.9. The van der Waals surface area contributed by atoms with Gasteiger partial charge in [-0.25, -0.2) is 34.3 Å². The fourth-order valence-corrected chi connectivity index (χ4v) is 15.7. The number of hydrogen-bond acceptors (Lipinski definition) is 32. The average Bonchev–Trinajstić information content (AvgIpc) is 0.799. The monoisotopic (exact) mass is 1710 g/mol. The van der Waals surface area contributed by atoms with Crippen LogP contribution in [0.2, 0.25) is 0 Å². The molecule has 20 N–H and O–H groups in total. The molecule has 16 rings (SSSR count). The Morgan fingerprint density at radius 1 is 0.402 bits per heavy atom. The first-order chi connectivity index (χ1) is 61.2. The number of amides is 1. The molecule has 4 aliphatic heterocycles. The molecule has 1 amide bonds. The topological polar surface area (TPSA) is 539 Å². The normalized spacial score (nSPS) is 16.1. The fraction of sp³-hybridized carbons (Fsp3) is 0.290. The molecular formula is C93H103FN26O7. The van der Waals surface area contributed by atoms with Crippen LogP contribution in [0.4, 0.5) is 55.6 Å². The Bertz CT molecular complexity index is 5840. The van der Waals surface area contributed by atoms with Gasteiger partial charge in [-0.2, -0.15) is 0 Å². The van der Waals surface area contributed by atoms with E-state index < -0.39 is 11.7 Å². The van der Waals surface area contributed by atoms with Crippen molar-refractivity contribution in [1.82, 2.24) is 59.8 Å². The fourth-order valence-electron chi connectivity index (χ4n) is 15.7. The Hall–Kier alpha value is -14.6. The second-order valence-corrected chi connectivity index (χ2v) is 31.7. The molecule has 0 saturated carbocycles. The molecule has 0 unspecified atom stereocenters. The number of halogens is 1. The molecule has 0 aliphatic carbocycles. The van der Waals surface area contributed by atoms with Crippen molar-refractivity contribution in [2.75, 3.05) is 108 Å². The van der Waals surface area contributed by atoms with Gasteiger partial charge in [-0.05, 0) is 179 Å². The number of carbonyl (C=O) groups is 6. The summed E-state index contributed by atoms with van der Waals surface area (Å²) in [6.45, 7) is 9.65. The van der Waals surface area contributed by atoms with Gasteiger partial charge in [0.15, 0.2) is 34.7 Å². The van der Waals surface area contributed by atoms with Crippen LogP contribution in [0, 0.1) is 12.7 Å². The lowest BCUT2D eigenvalue weighted by atomic mass is 10.0. The number of nitrogens with two attached hydrogens (primary N) is 10. The van der Waals surface area contributed by atoms with E-state index in [4.69, 9.17) is 62.1 Å². The van der Waals surface area contributed by atoms with Crippen molar-refractivity contribution >= 4 is 86.0 Å². The van der Waals surface area contributed by atoms with Crippen molar-refractivity contribution in [2.24, 2.45) is 28.7 Å². The van der Waals surface area contributed by atoms with Gasteiger partial charge in [-0.1, -0.05) is 6.07 Å². The zero-order valence-corrected chi connectivity index (χ0v) is 70.9. The van der Waals surface area contributed by atoms with E-state index in [1.165, 1.54) is 38.6 Å². The number of aryl methyl sites for hydroxylation is 1. The van der Waals surface area contributed by atoms with Gasteiger partial charge in [0.1, 0.15) is 34.2 Å². The molecule has 4 saturated heterocycles. The molecule has 0 spiro atoms. The smallest absolute Gasteiger partial charge is 0.248 e. The summed E-state index contributed by atoms with van der Waals surface area (Å²) in [5.74, 6) is -1.76. The third-order valence-corrected chi connectivity index (χ3v) is 22.2. The van der Waals surface area contributed by atoms with Crippen molar-refractivity contribution in [2.45, 2.75) is 115 Å². The third-order valence-electron chi connectivity index (χ3n) is 22.2. The first-order valence-electron chi connectivity index (χ1n) is 41.8. The number of aromatic nitrogens is 12. The maximum Gasteiger partial charge on any atom is 0.248 e. The number of nitrogens with zero attached hydrogens (tertiary/aromatic N) is 16. The van der Waals surface area contributed by atoms with Crippen LogP contribution in [0.5, 0.6) is 5.88 Å². The number of rotatable bonds is 23. The first kappa shape index (κ1) is 90.1. The predicted molar refractivity (Wildman–Crippen MR) is 488 cm³/mol. The SMILES string of the molecule is CC(=O)c1cccc(-c2ccc(N)c(C(=O)Cc3cnccc3N3CCC[C@H](N)C3)n2)n1.COc1nc(-c2ccc(N)c(C(=O)Cc3cnccc3N3CCC[C@H](N)C3)n2)ccc1N.Cc1ccnc(-c2ccc(N)c(C(=O)Cc3cnccc3N3CCC[C@H](N)C3)n2)c1F.NC(=O)c1ccnc(-c2ccc(N)c(C(=O)Cc3cnccc3N3CCC[C@H](N)C3)n2)c1. The number of nitrogen functional groups attached to an aromatic ring is 5. The Labute approximate surface area is 733 Å². The summed E-state index contributed by atoms with van der Waals surface area (Å²) in [6, 6.07) is 34.4. The summed E-state index contributed by atoms with van der Waals surface area (Å²) < 4.78 is 19.7. The minimum absolute atomic E-state index is 0.0826. The van der Waals surface area contributed by atoms with Crippen molar-refractivity contribution in [3.05, 3.63) is 251 Å². The molecule has 12 aromatic rings. The van der Waals surface area contributed by atoms with Crippen LogP contribution >= 0.6 is 0 Å².